The molecule has 1 aliphatic rings. The van der Waals surface area contributed by atoms with Crippen LogP contribution in [-0.4, -0.2) is 27.7 Å². The van der Waals surface area contributed by atoms with Crippen molar-refractivity contribution >= 4 is 23.6 Å². The molecule has 2 heterocycles. The fourth-order valence-electron chi connectivity index (χ4n) is 1.35. The third-order valence-corrected chi connectivity index (χ3v) is 3.82. The lowest BCUT2D eigenvalue weighted by Gasteiger charge is -2.32. The molecule has 1 aromatic heterocycles. The Hall–Kier alpha value is -0.455. The van der Waals surface area contributed by atoms with Crippen molar-refractivity contribution in [2.75, 3.05) is 0 Å². The summed E-state index contributed by atoms with van der Waals surface area (Å²) in [4.78, 5) is 5.08. The average molecular weight is 226 g/mol. The third-order valence-electron chi connectivity index (χ3n) is 3.00. The van der Waals surface area contributed by atoms with Crippen molar-refractivity contribution in [3.8, 4) is 0 Å². The Morgan fingerprint density at radius 1 is 1.13 bits per heavy atom. The molecule has 1 fully saturated rings. The molecule has 4 nitrogen and oxygen atoms in total. The Bertz CT molecular complexity index is 362. The Kier molecular flexibility index (Phi) is 2.40. The largest absolute Gasteiger partial charge is 0.527 e. The second-order valence-electron chi connectivity index (χ2n) is 4.77. The van der Waals surface area contributed by atoms with E-state index in [2.05, 4.69) is 9.36 Å². The van der Waals surface area contributed by atoms with Gasteiger partial charge >= 0.3 is 7.12 Å². The molecule has 0 N–H and O–H groups in total. The average Bonchev–Trinajstić information content (AvgIpc) is 2.56. The van der Waals surface area contributed by atoms with Crippen LogP contribution in [0.25, 0.3) is 0 Å². The summed E-state index contributed by atoms with van der Waals surface area (Å²) in [6.07, 6.45) is 0. The van der Waals surface area contributed by atoms with E-state index in [0.29, 0.717) is 0 Å². The van der Waals surface area contributed by atoms with Crippen LogP contribution in [-0.2, 0) is 9.31 Å². The van der Waals surface area contributed by atoms with Gasteiger partial charge in [-0.25, -0.2) is 4.98 Å². The summed E-state index contributed by atoms with van der Waals surface area (Å²) in [5.74, 6) is 0.768. The van der Waals surface area contributed by atoms with Gasteiger partial charge in [-0.1, -0.05) is 0 Å². The molecule has 0 bridgehead atoms. The Morgan fingerprint density at radius 3 is 2.07 bits per heavy atom. The van der Waals surface area contributed by atoms with Crippen LogP contribution < -0.4 is 4.91 Å². The SMILES string of the molecule is Cc1nsc(B2OC(C)(C)C(C)(C)O2)n1. The maximum Gasteiger partial charge on any atom is 0.527 e. The van der Waals surface area contributed by atoms with Gasteiger partial charge in [-0.15, -0.1) is 0 Å². The number of nitrogens with zero attached hydrogens (tertiary/aromatic N) is 2. The summed E-state index contributed by atoms with van der Waals surface area (Å²) in [7, 11) is -0.374. The molecule has 0 saturated carbocycles. The highest BCUT2D eigenvalue weighted by atomic mass is 32.1. The van der Waals surface area contributed by atoms with E-state index < -0.39 is 0 Å². The van der Waals surface area contributed by atoms with Gasteiger partial charge in [0.25, 0.3) is 0 Å². The number of aromatic nitrogens is 2. The molecule has 0 aromatic carbocycles. The molecule has 1 aromatic rings. The molecule has 6 heteroatoms. The van der Waals surface area contributed by atoms with Gasteiger partial charge in [0.1, 0.15) is 10.7 Å². The summed E-state index contributed by atoms with van der Waals surface area (Å²) < 4.78 is 15.8. The van der Waals surface area contributed by atoms with Crippen LogP contribution in [0.1, 0.15) is 33.5 Å². The minimum Gasteiger partial charge on any atom is -0.398 e. The van der Waals surface area contributed by atoms with Crippen LogP contribution in [0.4, 0.5) is 0 Å². The monoisotopic (exact) mass is 226 g/mol. The van der Waals surface area contributed by atoms with Gasteiger partial charge in [-0.3, -0.25) is 0 Å². The zero-order valence-corrected chi connectivity index (χ0v) is 10.5. The molecule has 1 saturated heterocycles. The van der Waals surface area contributed by atoms with Crippen molar-refractivity contribution in [2.24, 2.45) is 0 Å². The lowest BCUT2D eigenvalue weighted by atomic mass is 9.90. The number of rotatable bonds is 1. The zero-order chi connectivity index (χ0) is 11.3. The normalized spacial score (nSPS) is 23.4. The number of hydrogen-bond acceptors (Lipinski definition) is 5. The molecule has 82 valence electrons. The van der Waals surface area contributed by atoms with Crippen LogP contribution >= 0.6 is 11.5 Å². The fourth-order valence-corrected chi connectivity index (χ4v) is 1.97. The number of aryl methyl sites for hydroxylation is 1. The molecule has 0 amide bonds. The lowest BCUT2D eigenvalue weighted by Crippen LogP contribution is -2.41. The van der Waals surface area contributed by atoms with Crippen LogP contribution in [0.2, 0.25) is 0 Å². The molecule has 0 unspecified atom stereocenters. The Balaban J connectivity index is 2.23. The Labute approximate surface area is 94.3 Å². The first-order valence-corrected chi connectivity index (χ1v) is 5.75. The van der Waals surface area contributed by atoms with E-state index in [0.717, 1.165) is 10.7 Å². The summed E-state index contributed by atoms with van der Waals surface area (Å²) in [6.45, 7) is 9.98. The molecule has 15 heavy (non-hydrogen) atoms. The molecule has 0 atom stereocenters. The first-order valence-electron chi connectivity index (χ1n) is 4.98. The minimum absolute atomic E-state index is 0.308. The second kappa shape index (κ2) is 3.27. The van der Waals surface area contributed by atoms with Crippen molar-refractivity contribution in [1.82, 2.24) is 9.36 Å². The number of hydrogen-bond donors (Lipinski definition) is 0. The molecule has 1 aliphatic heterocycles. The smallest absolute Gasteiger partial charge is 0.398 e. The first-order chi connectivity index (χ1) is 6.82. The van der Waals surface area contributed by atoms with Crippen LogP contribution in [0.3, 0.4) is 0 Å². The maximum absolute atomic E-state index is 5.85. The highest BCUT2D eigenvalue weighted by molar-refractivity contribution is 7.16. The highest BCUT2D eigenvalue weighted by Crippen LogP contribution is 2.36. The van der Waals surface area contributed by atoms with E-state index in [1.165, 1.54) is 11.5 Å². The molecular formula is C9H15BN2O2S. The standard InChI is InChI=1S/C9H15BN2O2S/c1-6-11-7(15-12-6)10-13-8(2,3)9(4,5)14-10/h1-5H3. The summed E-state index contributed by atoms with van der Waals surface area (Å²) in [5, 5.41) is 0. The molecule has 2 rings (SSSR count). The highest BCUT2D eigenvalue weighted by Gasteiger charge is 2.53. The summed E-state index contributed by atoms with van der Waals surface area (Å²) in [6, 6.07) is 0. The fraction of sp³-hybridized carbons (Fsp3) is 0.778. The van der Waals surface area contributed by atoms with Crippen molar-refractivity contribution in [1.29, 1.82) is 0 Å². The van der Waals surface area contributed by atoms with Gasteiger partial charge in [0.15, 0.2) is 0 Å². The van der Waals surface area contributed by atoms with Crippen LogP contribution in [0.15, 0.2) is 0 Å². The molecule has 0 aliphatic carbocycles. The topological polar surface area (TPSA) is 44.2 Å². The molecule has 0 radical (unpaired) electrons. The Morgan fingerprint density at radius 2 is 1.67 bits per heavy atom. The van der Waals surface area contributed by atoms with E-state index in [1.54, 1.807) is 0 Å². The van der Waals surface area contributed by atoms with Gasteiger partial charge < -0.3 is 9.31 Å². The predicted molar refractivity (Wildman–Crippen MR) is 60.4 cm³/mol. The van der Waals surface area contributed by atoms with E-state index >= 15 is 0 Å². The van der Waals surface area contributed by atoms with Crippen molar-refractivity contribution in [3.63, 3.8) is 0 Å². The van der Waals surface area contributed by atoms with Gasteiger partial charge in [0.2, 0.25) is 0 Å². The second-order valence-corrected chi connectivity index (χ2v) is 5.55. The van der Waals surface area contributed by atoms with Crippen LogP contribution in [0, 0.1) is 6.92 Å². The van der Waals surface area contributed by atoms with E-state index in [4.69, 9.17) is 9.31 Å². The van der Waals surface area contributed by atoms with E-state index in [-0.39, 0.29) is 18.3 Å². The van der Waals surface area contributed by atoms with Gasteiger partial charge in [-0.2, -0.15) is 4.37 Å². The summed E-state index contributed by atoms with van der Waals surface area (Å²) >= 11 is 1.34. The van der Waals surface area contributed by atoms with Gasteiger partial charge in [0.05, 0.1) is 11.2 Å². The third kappa shape index (κ3) is 1.81. The van der Waals surface area contributed by atoms with Crippen LogP contribution in [0.5, 0.6) is 0 Å². The van der Waals surface area contributed by atoms with E-state index in [9.17, 15) is 0 Å². The minimum atomic E-state index is -0.374. The van der Waals surface area contributed by atoms with Crippen molar-refractivity contribution in [3.05, 3.63) is 5.82 Å². The zero-order valence-electron chi connectivity index (χ0n) is 9.70. The quantitative estimate of drug-likeness (QED) is 0.673. The first kappa shape index (κ1) is 11.0. The molecule has 0 spiro atoms. The molecular weight excluding hydrogens is 211 g/mol. The predicted octanol–water partition coefficient (Wildman–Crippen LogP) is 1.15. The van der Waals surface area contributed by atoms with Crippen molar-refractivity contribution in [2.45, 2.75) is 45.8 Å². The van der Waals surface area contributed by atoms with Crippen molar-refractivity contribution < 1.29 is 9.31 Å². The summed E-state index contributed by atoms with van der Waals surface area (Å²) in [5.41, 5.74) is -0.617. The van der Waals surface area contributed by atoms with Gasteiger partial charge in [-0.05, 0) is 46.2 Å². The van der Waals surface area contributed by atoms with E-state index in [1.807, 2.05) is 34.6 Å². The van der Waals surface area contributed by atoms with Gasteiger partial charge in [0, 0.05) is 0 Å². The maximum atomic E-state index is 5.85. The lowest BCUT2D eigenvalue weighted by molar-refractivity contribution is 0.00578.